The third kappa shape index (κ3) is 7.90. The quantitative estimate of drug-likeness (QED) is 0.267. The van der Waals surface area contributed by atoms with Crippen LogP contribution in [0.3, 0.4) is 0 Å². The van der Waals surface area contributed by atoms with Gasteiger partial charge in [-0.2, -0.15) is 0 Å². The Morgan fingerprint density at radius 3 is 1.92 bits per heavy atom. The summed E-state index contributed by atoms with van der Waals surface area (Å²) >= 11 is 0. The normalized spacial score (nSPS) is 11.6. The zero-order chi connectivity index (χ0) is 18.5. The Kier molecular flexibility index (Phi) is 11.2. The van der Waals surface area contributed by atoms with Crippen molar-refractivity contribution < 1.29 is 0 Å². The van der Waals surface area contributed by atoms with E-state index >= 15 is 0 Å². The first-order valence-corrected chi connectivity index (χ1v) is 14.8. The summed E-state index contributed by atoms with van der Waals surface area (Å²) < 4.78 is 0. The van der Waals surface area contributed by atoms with E-state index in [2.05, 4.69) is 62.4 Å². The summed E-state index contributed by atoms with van der Waals surface area (Å²) in [5, 5.41) is 3.36. The Morgan fingerprint density at radius 1 is 0.654 bits per heavy atom. The van der Waals surface area contributed by atoms with E-state index in [9.17, 15) is 0 Å². The van der Waals surface area contributed by atoms with Crippen LogP contribution in [0.15, 0.2) is 48.5 Å². The standard InChI is InChI=1S/C24H38P2/c1-3-5-7-9-15-21-17-11-13-19-23(21)25-26-24-20-14-12-18-22(24)16-10-8-6-4-2/h11-14,17-20,25H,3-10,15-16H2,1-2,26H3. The first kappa shape index (κ1) is 21.6. The Balaban J connectivity index is 1.92. The number of rotatable bonds is 13. The van der Waals surface area contributed by atoms with E-state index in [-0.39, 0.29) is 8.27 Å². The van der Waals surface area contributed by atoms with Gasteiger partial charge in [0, 0.05) is 0 Å². The van der Waals surface area contributed by atoms with Crippen LogP contribution in [-0.4, -0.2) is 0 Å². The van der Waals surface area contributed by atoms with Crippen molar-refractivity contribution in [2.45, 2.75) is 78.1 Å². The molecule has 0 aliphatic rings. The van der Waals surface area contributed by atoms with Gasteiger partial charge >= 0.3 is 165 Å². The van der Waals surface area contributed by atoms with Gasteiger partial charge in [-0.3, -0.25) is 0 Å². The molecule has 2 rings (SSSR count). The summed E-state index contributed by atoms with van der Waals surface area (Å²) in [5.41, 5.74) is 3.26. The summed E-state index contributed by atoms with van der Waals surface area (Å²) in [5.74, 6) is 0. The van der Waals surface area contributed by atoms with Crippen molar-refractivity contribution in [2.75, 3.05) is 0 Å². The van der Waals surface area contributed by atoms with Crippen LogP contribution in [0, 0.1) is 0 Å². The third-order valence-electron chi connectivity index (χ3n) is 5.20. The first-order valence-electron chi connectivity index (χ1n) is 10.7. The second kappa shape index (κ2) is 13.5. The van der Waals surface area contributed by atoms with Crippen molar-refractivity contribution in [3.63, 3.8) is 0 Å². The average molecular weight is 389 g/mol. The Labute approximate surface area is 165 Å². The van der Waals surface area contributed by atoms with Crippen LogP contribution in [0.5, 0.6) is 0 Å². The summed E-state index contributed by atoms with van der Waals surface area (Å²) in [7, 11) is 0.829. The van der Waals surface area contributed by atoms with Gasteiger partial charge in [-0.25, -0.2) is 0 Å². The molecule has 2 aromatic carbocycles. The molecule has 0 saturated heterocycles. The van der Waals surface area contributed by atoms with Crippen LogP contribution >= 0.6 is 16.5 Å². The van der Waals surface area contributed by atoms with Gasteiger partial charge in [0.1, 0.15) is 0 Å². The summed E-state index contributed by atoms with van der Waals surface area (Å²) in [6, 6.07) is 18.5. The monoisotopic (exact) mass is 388 g/mol. The second-order valence-corrected chi connectivity index (χ2v) is 11.5. The van der Waals surface area contributed by atoms with Gasteiger partial charge in [-0.15, -0.1) is 0 Å². The van der Waals surface area contributed by atoms with Crippen molar-refractivity contribution in [3.05, 3.63) is 59.7 Å². The van der Waals surface area contributed by atoms with Crippen molar-refractivity contribution in [3.8, 4) is 0 Å². The number of hydrogen-bond acceptors (Lipinski definition) is 0. The average Bonchev–Trinajstić information content (AvgIpc) is 2.68. The van der Waals surface area contributed by atoms with Gasteiger partial charge in [0.2, 0.25) is 0 Å². The van der Waals surface area contributed by atoms with E-state index in [1.807, 2.05) is 0 Å². The number of hydrogen-bond donors (Lipinski definition) is 0. The summed E-state index contributed by atoms with van der Waals surface area (Å²) in [6.45, 7) is 4.59. The molecule has 0 heterocycles. The van der Waals surface area contributed by atoms with Gasteiger partial charge in [-0.05, 0) is 0 Å². The summed E-state index contributed by atoms with van der Waals surface area (Å²) in [6.07, 6.45) is 13.4. The molecule has 0 aliphatic carbocycles. The number of unbranched alkanes of at least 4 members (excludes halogenated alkanes) is 6. The van der Waals surface area contributed by atoms with Crippen LogP contribution in [-0.2, 0) is 12.8 Å². The van der Waals surface area contributed by atoms with E-state index in [0.29, 0.717) is 0 Å². The maximum absolute atomic E-state index is 2.41. The topological polar surface area (TPSA) is 0 Å². The van der Waals surface area contributed by atoms with Gasteiger partial charge in [0.05, 0.1) is 0 Å². The molecule has 1 atom stereocenters. The molecule has 0 radical (unpaired) electrons. The van der Waals surface area contributed by atoms with Crippen molar-refractivity contribution >= 4 is 27.1 Å². The molecule has 0 saturated carbocycles. The third-order valence-corrected chi connectivity index (χ3v) is 10.1. The van der Waals surface area contributed by atoms with Crippen molar-refractivity contribution in [1.29, 1.82) is 0 Å². The molecule has 2 heteroatoms. The number of aryl methyl sites for hydroxylation is 2. The minimum absolute atomic E-state index is 0.205. The molecule has 0 amide bonds. The molecule has 0 fully saturated rings. The van der Waals surface area contributed by atoms with E-state index < -0.39 is 0 Å². The van der Waals surface area contributed by atoms with E-state index in [1.165, 1.54) is 64.2 Å². The van der Waals surface area contributed by atoms with Crippen molar-refractivity contribution in [2.24, 2.45) is 0 Å². The molecular weight excluding hydrogens is 350 g/mol. The Morgan fingerprint density at radius 2 is 1.23 bits per heavy atom. The van der Waals surface area contributed by atoms with Crippen LogP contribution < -0.4 is 10.6 Å². The summed E-state index contributed by atoms with van der Waals surface area (Å²) in [4.78, 5) is 0. The fraction of sp³-hybridized carbons (Fsp3) is 0.500. The molecule has 0 spiro atoms. The zero-order valence-electron chi connectivity index (χ0n) is 16.9. The molecule has 0 nitrogen and oxygen atoms in total. The molecule has 144 valence electrons. The molecule has 2 aromatic rings. The number of benzene rings is 2. The van der Waals surface area contributed by atoms with Gasteiger partial charge in [-0.1, -0.05) is 0 Å². The Bertz CT molecular complexity index is 566. The van der Waals surface area contributed by atoms with Crippen molar-refractivity contribution in [1.82, 2.24) is 0 Å². The zero-order valence-corrected chi connectivity index (χ0v) is 19.3. The molecule has 0 aliphatic heterocycles. The van der Waals surface area contributed by atoms with Gasteiger partial charge in [0.25, 0.3) is 0 Å². The van der Waals surface area contributed by atoms with E-state index in [0.717, 1.165) is 8.27 Å². The first-order chi connectivity index (χ1) is 12.8. The molecule has 1 unspecified atom stereocenters. The Hall–Kier alpha value is -0.700. The van der Waals surface area contributed by atoms with Crippen LogP contribution in [0.1, 0.15) is 76.3 Å². The van der Waals surface area contributed by atoms with Gasteiger partial charge in [0.15, 0.2) is 0 Å². The van der Waals surface area contributed by atoms with E-state index in [1.54, 1.807) is 21.7 Å². The van der Waals surface area contributed by atoms with Gasteiger partial charge < -0.3 is 0 Å². The fourth-order valence-corrected chi connectivity index (χ4v) is 8.58. The minimum atomic E-state index is -0.205. The predicted octanol–water partition coefficient (Wildman–Crippen LogP) is 6.62. The predicted molar refractivity (Wildman–Crippen MR) is 127 cm³/mol. The second-order valence-electron chi connectivity index (χ2n) is 7.40. The molecule has 0 N–H and O–H groups in total. The SMILES string of the molecule is CCCCCCc1ccccc1P[PH3]c1ccccc1CCCCCC. The van der Waals surface area contributed by atoms with Crippen LogP contribution in [0.25, 0.3) is 0 Å². The molecule has 0 bridgehead atoms. The molecular formula is C24H38P2. The van der Waals surface area contributed by atoms with Crippen LogP contribution in [0.2, 0.25) is 0 Å². The molecule has 0 aromatic heterocycles. The molecule has 26 heavy (non-hydrogen) atoms. The van der Waals surface area contributed by atoms with E-state index in [4.69, 9.17) is 0 Å². The van der Waals surface area contributed by atoms with Crippen LogP contribution in [0.4, 0.5) is 0 Å². The fourth-order valence-electron chi connectivity index (χ4n) is 3.56. The maximum atomic E-state index is 2.41.